The van der Waals surface area contributed by atoms with Crippen LogP contribution in [0, 0.1) is 6.92 Å². The lowest BCUT2D eigenvalue weighted by Gasteiger charge is -2.11. The molecule has 5 nitrogen and oxygen atoms in total. The summed E-state index contributed by atoms with van der Waals surface area (Å²) in [6, 6.07) is 15.2. The van der Waals surface area contributed by atoms with Crippen LogP contribution in [0.15, 0.2) is 53.6 Å². The van der Waals surface area contributed by atoms with E-state index in [0.717, 1.165) is 27.2 Å². The molecule has 3 aromatic rings. The van der Waals surface area contributed by atoms with Gasteiger partial charge >= 0.3 is 0 Å². The number of nitrogens with one attached hydrogen (secondary N) is 1. The molecule has 6 heteroatoms. The molecule has 2 aromatic carbocycles. The molecule has 0 aliphatic rings. The van der Waals surface area contributed by atoms with Crippen molar-refractivity contribution in [3.05, 3.63) is 54.1 Å². The van der Waals surface area contributed by atoms with E-state index in [1.807, 2.05) is 55.5 Å². The molecule has 134 valence electrons. The SMILES string of the molecule is COc1cc2cc(C)c(SCC(=O)Nc3ccccc3)nc2cc1OC. The minimum absolute atomic E-state index is 0.0604. The molecule has 3 rings (SSSR count). The van der Waals surface area contributed by atoms with Gasteiger partial charge in [-0.25, -0.2) is 4.98 Å². The van der Waals surface area contributed by atoms with E-state index in [1.54, 1.807) is 14.2 Å². The van der Waals surface area contributed by atoms with E-state index in [4.69, 9.17) is 9.47 Å². The molecule has 0 saturated heterocycles. The van der Waals surface area contributed by atoms with Crippen molar-refractivity contribution >= 4 is 34.3 Å². The van der Waals surface area contributed by atoms with Crippen molar-refractivity contribution in [3.63, 3.8) is 0 Å². The van der Waals surface area contributed by atoms with Gasteiger partial charge in [0.2, 0.25) is 5.91 Å². The van der Waals surface area contributed by atoms with Crippen LogP contribution < -0.4 is 14.8 Å². The fourth-order valence-corrected chi connectivity index (χ4v) is 3.38. The molecular formula is C20H20N2O3S. The topological polar surface area (TPSA) is 60.5 Å². The Morgan fingerprint density at radius 2 is 1.77 bits per heavy atom. The molecule has 0 bridgehead atoms. The smallest absolute Gasteiger partial charge is 0.234 e. The summed E-state index contributed by atoms with van der Waals surface area (Å²) in [5.74, 6) is 1.54. The number of hydrogen-bond donors (Lipinski definition) is 1. The maximum Gasteiger partial charge on any atom is 0.234 e. The summed E-state index contributed by atoms with van der Waals surface area (Å²) in [5, 5.41) is 4.68. The maximum absolute atomic E-state index is 12.1. The summed E-state index contributed by atoms with van der Waals surface area (Å²) in [7, 11) is 3.21. The van der Waals surface area contributed by atoms with Crippen molar-refractivity contribution in [2.75, 3.05) is 25.3 Å². The largest absolute Gasteiger partial charge is 0.493 e. The molecular weight excluding hydrogens is 348 g/mol. The zero-order chi connectivity index (χ0) is 18.5. The van der Waals surface area contributed by atoms with Gasteiger partial charge in [-0.3, -0.25) is 4.79 Å². The van der Waals surface area contributed by atoms with Crippen molar-refractivity contribution in [1.82, 2.24) is 4.98 Å². The molecule has 1 heterocycles. The zero-order valence-electron chi connectivity index (χ0n) is 14.9. The quantitative estimate of drug-likeness (QED) is 0.658. The van der Waals surface area contributed by atoms with Crippen molar-refractivity contribution in [3.8, 4) is 11.5 Å². The minimum atomic E-state index is -0.0604. The first-order chi connectivity index (χ1) is 12.6. The first-order valence-corrected chi connectivity index (χ1v) is 9.10. The third-order valence-electron chi connectivity index (χ3n) is 3.86. The van der Waals surface area contributed by atoms with Gasteiger partial charge in [-0.15, -0.1) is 0 Å². The number of benzene rings is 2. The number of para-hydroxylation sites is 1. The van der Waals surface area contributed by atoms with Gasteiger partial charge in [0.25, 0.3) is 0 Å². The number of aryl methyl sites for hydroxylation is 1. The highest BCUT2D eigenvalue weighted by molar-refractivity contribution is 8.00. The Morgan fingerprint density at radius 3 is 2.46 bits per heavy atom. The van der Waals surface area contributed by atoms with Crippen LogP contribution in [0.3, 0.4) is 0 Å². The van der Waals surface area contributed by atoms with Crippen molar-refractivity contribution < 1.29 is 14.3 Å². The van der Waals surface area contributed by atoms with Crippen LogP contribution in [0.1, 0.15) is 5.56 Å². The van der Waals surface area contributed by atoms with Gasteiger partial charge in [0, 0.05) is 17.1 Å². The van der Waals surface area contributed by atoms with Gasteiger partial charge in [-0.1, -0.05) is 30.0 Å². The summed E-state index contributed by atoms with van der Waals surface area (Å²) in [6.45, 7) is 1.99. The van der Waals surface area contributed by atoms with Crippen molar-refractivity contribution in [1.29, 1.82) is 0 Å². The Balaban J connectivity index is 1.77. The first kappa shape index (κ1) is 18.1. The lowest BCUT2D eigenvalue weighted by Crippen LogP contribution is -2.14. The van der Waals surface area contributed by atoms with Crippen LogP contribution >= 0.6 is 11.8 Å². The molecule has 0 saturated carbocycles. The summed E-state index contributed by atoms with van der Waals surface area (Å²) >= 11 is 1.42. The summed E-state index contributed by atoms with van der Waals surface area (Å²) in [6.07, 6.45) is 0. The second-order valence-corrected chi connectivity index (χ2v) is 6.68. The minimum Gasteiger partial charge on any atom is -0.493 e. The van der Waals surface area contributed by atoms with Gasteiger partial charge in [0.05, 0.1) is 25.5 Å². The van der Waals surface area contributed by atoms with Crippen LogP contribution in [0.4, 0.5) is 5.69 Å². The fourth-order valence-electron chi connectivity index (χ4n) is 2.59. The number of carbonyl (C=O) groups excluding carboxylic acids is 1. The van der Waals surface area contributed by atoms with Crippen LogP contribution in [-0.2, 0) is 4.79 Å². The number of aromatic nitrogens is 1. The number of anilines is 1. The number of methoxy groups -OCH3 is 2. The highest BCUT2D eigenvalue weighted by atomic mass is 32.2. The maximum atomic E-state index is 12.1. The lowest BCUT2D eigenvalue weighted by atomic mass is 10.1. The van der Waals surface area contributed by atoms with Crippen molar-refractivity contribution in [2.45, 2.75) is 11.9 Å². The number of pyridine rings is 1. The number of nitrogens with zero attached hydrogens (tertiary/aromatic N) is 1. The lowest BCUT2D eigenvalue weighted by molar-refractivity contribution is -0.113. The molecule has 0 radical (unpaired) electrons. The highest BCUT2D eigenvalue weighted by Crippen LogP contribution is 2.33. The van der Waals surface area contributed by atoms with E-state index >= 15 is 0 Å². The molecule has 0 aliphatic heterocycles. The summed E-state index contributed by atoms with van der Waals surface area (Å²) < 4.78 is 10.7. The van der Waals surface area contributed by atoms with Gasteiger partial charge in [-0.05, 0) is 36.8 Å². The van der Waals surface area contributed by atoms with Gasteiger partial charge < -0.3 is 14.8 Å². The fraction of sp³-hybridized carbons (Fsp3) is 0.200. The van der Waals surface area contributed by atoms with Gasteiger partial charge in [0.1, 0.15) is 5.03 Å². The molecule has 0 atom stereocenters. The monoisotopic (exact) mass is 368 g/mol. The Hall–Kier alpha value is -2.73. The number of carbonyl (C=O) groups is 1. The highest BCUT2D eigenvalue weighted by Gasteiger charge is 2.11. The van der Waals surface area contributed by atoms with Crippen molar-refractivity contribution in [2.24, 2.45) is 0 Å². The first-order valence-electron chi connectivity index (χ1n) is 8.12. The molecule has 0 aliphatic carbocycles. The molecule has 0 spiro atoms. The number of fused-ring (bicyclic) bond motifs is 1. The molecule has 1 amide bonds. The van der Waals surface area contributed by atoms with Gasteiger partial charge in [0.15, 0.2) is 11.5 Å². The average Bonchev–Trinajstić information content (AvgIpc) is 2.66. The molecule has 0 fully saturated rings. The van der Waals surface area contributed by atoms with Crippen LogP contribution in [0.2, 0.25) is 0 Å². The molecule has 26 heavy (non-hydrogen) atoms. The molecule has 0 unspecified atom stereocenters. The van der Waals surface area contributed by atoms with E-state index in [2.05, 4.69) is 10.3 Å². The standard InChI is InChI=1S/C20H20N2O3S/c1-13-9-14-10-17(24-2)18(25-3)11-16(14)22-20(13)26-12-19(23)21-15-7-5-4-6-8-15/h4-11H,12H2,1-3H3,(H,21,23). The number of ether oxygens (including phenoxy) is 2. The van der Waals surface area contributed by atoms with Gasteiger partial charge in [-0.2, -0.15) is 0 Å². The zero-order valence-corrected chi connectivity index (χ0v) is 15.7. The number of thioether (sulfide) groups is 1. The van der Waals surface area contributed by atoms with Crippen LogP contribution in [0.25, 0.3) is 10.9 Å². The molecule has 1 aromatic heterocycles. The predicted octanol–water partition coefficient (Wildman–Crippen LogP) is 4.29. The number of hydrogen-bond acceptors (Lipinski definition) is 5. The van der Waals surface area contributed by atoms with Crippen LogP contribution in [-0.4, -0.2) is 30.9 Å². The third-order valence-corrected chi connectivity index (χ3v) is 4.95. The van der Waals surface area contributed by atoms with E-state index in [0.29, 0.717) is 17.3 Å². The number of amides is 1. The van der Waals surface area contributed by atoms with Crippen LogP contribution in [0.5, 0.6) is 11.5 Å². The predicted molar refractivity (Wildman–Crippen MR) is 105 cm³/mol. The summed E-state index contributed by atoms with van der Waals surface area (Å²) in [4.78, 5) is 16.8. The summed E-state index contributed by atoms with van der Waals surface area (Å²) in [5.41, 5.74) is 2.61. The van der Waals surface area contributed by atoms with E-state index in [-0.39, 0.29) is 5.91 Å². The second-order valence-electron chi connectivity index (χ2n) is 5.71. The Kier molecular flexibility index (Phi) is 5.63. The second kappa shape index (κ2) is 8.10. The Labute approximate surface area is 156 Å². The van der Waals surface area contributed by atoms with E-state index < -0.39 is 0 Å². The molecule has 1 N–H and O–H groups in total. The normalized spacial score (nSPS) is 10.6. The Bertz CT molecular complexity index is 929. The van der Waals surface area contributed by atoms with E-state index in [1.165, 1.54) is 11.8 Å². The third kappa shape index (κ3) is 4.08. The average molecular weight is 368 g/mol. The Morgan fingerprint density at radius 1 is 1.08 bits per heavy atom. The van der Waals surface area contributed by atoms with E-state index in [9.17, 15) is 4.79 Å². The number of rotatable bonds is 6.